The summed E-state index contributed by atoms with van der Waals surface area (Å²) in [5.74, 6) is -0.243. The molecule has 0 spiro atoms. The first-order valence-electron chi connectivity index (χ1n) is 5.51. The smallest absolute Gasteiger partial charge is 0.307 e. The average molecular weight is 342 g/mol. The first-order chi connectivity index (χ1) is 9.24. The number of ether oxygens (including phenoxy) is 1. The number of methoxy groups -OCH3 is 1. The van der Waals surface area contributed by atoms with Gasteiger partial charge < -0.3 is 9.64 Å². The van der Waals surface area contributed by atoms with E-state index in [0.29, 0.717) is 0 Å². The molecule has 5 nitrogen and oxygen atoms in total. The van der Waals surface area contributed by atoms with Gasteiger partial charge in [-0.3, -0.25) is 4.79 Å². The lowest BCUT2D eigenvalue weighted by atomic mass is 10.2. The van der Waals surface area contributed by atoms with Gasteiger partial charge in [0, 0.05) is 19.0 Å². The number of hydrogen-bond donors (Lipinski definition) is 0. The van der Waals surface area contributed by atoms with Gasteiger partial charge in [0.25, 0.3) is 0 Å². The average Bonchev–Trinajstić information content (AvgIpc) is 2.71. The van der Waals surface area contributed by atoms with E-state index in [2.05, 4.69) is 0 Å². The Labute approximate surface area is 125 Å². The van der Waals surface area contributed by atoms with Crippen LogP contribution in [0.2, 0.25) is 10.0 Å². The predicted octanol–water partition coefficient (Wildman–Crippen LogP) is 2.41. The normalized spacial score (nSPS) is 19.5. The van der Waals surface area contributed by atoms with E-state index in [-0.39, 0.29) is 28.0 Å². The molecule has 1 atom stereocenters. The number of rotatable bonds is 3. The van der Waals surface area contributed by atoms with Crippen LogP contribution in [0.3, 0.4) is 0 Å². The second-order valence-electron chi connectivity index (χ2n) is 4.24. The number of amides is 1. The van der Waals surface area contributed by atoms with Gasteiger partial charge >= 0.3 is 10.2 Å². The Balaban J connectivity index is 2.40. The van der Waals surface area contributed by atoms with Crippen LogP contribution < -0.4 is 9.64 Å². The van der Waals surface area contributed by atoms with Crippen molar-refractivity contribution in [1.29, 1.82) is 0 Å². The van der Waals surface area contributed by atoms with Crippen molar-refractivity contribution >= 4 is 45.0 Å². The summed E-state index contributed by atoms with van der Waals surface area (Å²) in [4.78, 5) is 12.9. The zero-order chi connectivity index (χ0) is 15.1. The molecule has 1 saturated heterocycles. The molecule has 1 aromatic rings. The first kappa shape index (κ1) is 15.3. The van der Waals surface area contributed by atoms with Crippen LogP contribution in [0.15, 0.2) is 12.1 Å². The number of benzene rings is 1. The second kappa shape index (κ2) is 5.38. The molecule has 1 amide bonds. The molecule has 1 aliphatic heterocycles. The molecule has 0 aromatic heterocycles. The SMILES string of the molecule is COc1cc(N2CC(S(=O)(=O)F)CC2=O)c(Cl)cc1Cl. The summed E-state index contributed by atoms with van der Waals surface area (Å²) in [6.45, 7) is -0.290. The van der Waals surface area contributed by atoms with Crippen LogP contribution in [-0.2, 0) is 15.0 Å². The highest BCUT2D eigenvalue weighted by Crippen LogP contribution is 2.38. The van der Waals surface area contributed by atoms with Crippen LogP contribution in [0.1, 0.15) is 6.42 Å². The number of carbonyl (C=O) groups excluding carboxylic acids is 1. The van der Waals surface area contributed by atoms with Crippen LogP contribution in [-0.4, -0.2) is 33.2 Å². The molecule has 0 N–H and O–H groups in total. The summed E-state index contributed by atoms with van der Waals surface area (Å²) in [6, 6.07) is 2.79. The van der Waals surface area contributed by atoms with E-state index in [1.807, 2.05) is 0 Å². The Bertz CT molecular complexity index is 665. The lowest BCUT2D eigenvalue weighted by molar-refractivity contribution is -0.117. The van der Waals surface area contributed by atoms with Gasteiger partial charge in [0.1, 0.15) is 11.0 Å². The van der Waals surface area contributed by atoms with E-state index in [0.717, 1.165) is 4.90 Å². The largest absolute Gasteiger partial charge is 0.495 e. The molecule has 0 aliphatic carbocycles. The van der Waals surface area contributed by atoms with Crippen molar-refractivity contribution in [3.63, 3.8) is 0 Å². The zero-order valence-corrected chi connectivity index (χ0v) is 12.6. The van der Waals surface area contributed by atoms with E-state index < -0.39 is 27.8 Å². The van der Waals surface area contributed by atoms with E-state index in [1.54, 1.807) is 0 Å². The van der Waals surface area contributed by atoms with E-state index in [9.17, 15) is 17.1 Å². The van der Waals surface area contributed by atoms with E-state index >= 15 is 0 Å². The Morgan fingerprint density at radius 3 is 2.50 bits per heavy atom. The fraction of sp³-hybridized carbons (Fsp3) is 0.364. The molecule has 1 fully saturated rings. The lowest BCUT2D eigenvalue weighted by Crippen LogP contribution is -2.27. The Morgan fingerprint density at radius 1 is 1.35 bits per heavy atom. The van der Waals surface area contributed by atoms with Crippen LogP contribution in [0.25, 0.3) is 0 Å². The number of nitrogens with zero attached hydrogens (tertiary/aromatic N) is 1. The van der Waals surface area contributed by atoms with E-state index in [4.69, 9.17) is 27.9 Å². The van der Waals surface area contributed by atoms with Gasteiger partial charge in [-0.2, -0.15) is 8.42 Å². The Kier molecular flexibility index (Phi) is 4.13. The topological polar surface area (TPSA) is 63.7 Å². The maximum atomic E-state index is 13.0. The zero-order valence-electron chi connectivity index (χ0n) is 10.3. The molecule has 1 heterocycles. The molecule has 1 aliphatic rings. The van der Waals surface area contributed by atoms with Crippen LogP contribution >= 0.6 is 23.2 Å². The standard InChI is InChI=1S/C11H10Cl2FNO4S/c1-19-10-4-9(7(12)3-8(10)13)15-5-6(2-11(15)16)20(14,17)18/h3-4,6H,2,5H2,1H3. The van der Waals surface area contributed by atoms with Gasteiger partial charge in [-0.25, -0.2) is 0 Å². The molecule has 1 unspecified atom stereocenters. The molecule has 0 bridgehead atoms. The van der Waals surface area contributed by atoms with Crippen molar-refractivity contribution in [2.24, 2.45) is 0 Å². The summed E-state index contributed by atoms with van der Waals surface area (Å²) < 4.78 is 39.8. The van der Waals surface area contributed by atoms with Crippen molar-refractivity contribution in [3.05, 3.63) is 22.2 Å². The monoisotopic (exact) mass is 341 g/mol. The molecule has 110 valence electrons. The van der Waals surface area contributed by atoms with Crippen molar-refractivity contribution in [2.75, 3.05) is 18.6 Å². The fourth-order valence-corrected chi connectivity index (χ4v) is 3.21. The molecular formula is C11H10Cl2FNO4S. The van der Waals surface area contributed by atoms with Gasteiger partial charge in [-0.15, -0.1) is 3.89 Å². The minimum Gasteiger partial charge on any atom is -0.495 e. The predicted molar refractivity (Wildman–Crippen MR) is 73.8 cm³/mol. The number of anilines is 1. The quantitative estimate of drug-likeness (QED) is 0.792. The highest BCUT2D eigenvalue weighted by molar-refractivity contribution is 7.87. The van der Waals surface area contributed by atoms with E-state index in [1.165, 1.54) is 19.2 Å². The summed E-state index contributed by atoms with van der Waals surface area (Å²) in [7, 11) is -3.39. The molecule has 2 rings (SSSR count). The molecule has 9 heteroatoms. The third-order valence-electron chi connectivity index (χ3n) is 3.00. The summed E-state index contributed by atoms with van der Waals surface area (Å²) in [6.07, 6.45) is -0.417. The van der Waals surface area contributed by atoms with Crippen LogP contribution in [0.4, 0.5) is 9.57 Å². The van der Waals surface area contributed by atoms with Gasteiger partial charge in [0.05, 0.1) is 22.8 Å². The number of carbonyl (C=O) groups is 1. The highest BCUT2D eigenvalue weighted by atomic mass is 35.5. The van der Waals surface area contributed by atoms with Gasteiger partial charge in [-0.05, 0) is 6.07 Å². The van der Waals surface area contributed by atoms with Gasteiger partial charge in [-0.1, -0.05) is 23.2 Å². The maximum absolute atomic E-state index is 13.0. The van der Waals surface area contributed by atoms with Gasteiger partial charge in [0.15, 0.2) is 0 Å². The van der Waals surface area contributed by atoms with Crippen molar-refractivity contribution < 1.29 is 21.8 Å². The third kappa shape index (κ3) is 2.84. The highest BCUT2D eigenvalue weighted by Gasteiger charge is 2.39. The lowest BCUT2D eigenvalue weighted by Gasteiger charge is -2.19. The summed E-state index contributed by atoms with van der Waals surface area (Å²) in [5, 5.41) is -0.976. The fourth-order valence-electron chi connectivity index (χ4n) is 1.98. The van der Waals surface area contributed by atoms with Gasteiger partial charge in [0.2, 0.25) is 5.91 Å². The third-order valence-corrected chi connectivity index (χ3v) is 4.71. The first-order valence-corrected chi connectivity index (χ1v) is 7.71. The molecule has 0 radical (unpaired) electrons. The van der Waals surface area contributed by atoms with Crippen LogP contribution in [0.5, 0.6) is 5.75 Å². The Morgan fingerprint density at radius 2 is 2.00 bits per heavy atom. The van der Waals surface area contributed by atoms with Crippen molar-refractivity contribution in [1.82, 2.24) is 0 Å². The molecule has 20 heavy (non-hydrogen) atoms. The number of hydrogen-bond acceptors (Lipinski definition) is 4. The minimum atomic E-state index is -4.78. The maximum Gasteiger partial charge on any atom is 0.307 e. The molecule has 0 saturated carbocycles. The second-order valence-corrected chi connectivity index (χ2v) is 6.68. The van der Waals surface area contributed by atoms with Crippen LogP contribution in [0, 0.1) is 0 Å². The van der Waals surface area contributed by atoms with Crippen molar-refractivity contribution in [2.45, 2.75) is 11.7 Å². The minimum absolute atomic E-state index is 0.154. The van der Waals surface area contributed by atoms with Crippen molar-refractivity contribution in [3.8, 4) is 5.75 Å². The molecular weight excluding hydrogens is 332 g/mol. The molecule has 1 aromatic carbocycles. The summed E-state index contributed by atoms with van der Waals surface area (Å²) >= 11 is 11.9. The Hall–Kier alpha value is -1.05. The number of halogens is 3. The summed E-state index contributed by atoms with van der Waals surface area (Å²) in [5.41, 5.74) is 0.240.